The zero-order valence-electron chi connectivity index (χ0n) is 37.9. The summed E-state index contributed by atoms with van der Waals surface area (Å²) in [6, 6.07) is 61.2. The van der Waals surface area contributed by atoms with Gasteiger partial charge in [-0.25, -0.2) is 0 Å². The van der Waals surface area contributed by atoms with Crippen LogP contribution in [0.4, 0.5) is 0 Å². The van der Waals surface area contributed by atoms with Crippen LogP contribution in [0.3, 0.4) is 0 Å². The van der Waals surface area contributed by atoms with Crippen molar-refractivity contribution >= 4 is 68.1 Å². The van der Waals surface area contributed by atoms with Crippen molar-refractivity contribution in [3.8, 4) is 51.5 Å². The van der Waals surface area contributed by atoms with Crippen molar-refractivity contribution in [3.05, 3.63) is 234 Å². The van der Waals surface area contributed by atoms with Crippen molar-refractivity contribution in [3.63, 3.8) is 0 Å². The highest BCUT2D eigenvalue weighted by Crippen LogP contribution is 2.65. The monoisotopic (exact) mass is 952 g/mol. The van der Waals surface area contributed by atoms with Crippen LogP contribution in [0.5, 0.6) is 0 Å². The molecular formula is C60H44N2S5. The zero-order valence-corrected chi connectivity index (χ0v) is 42.0. The number of rotatable bonds is 7. The smallest absolute Gasteiger partial charge is 0.114 e. The Morgan fingerprint density at radius 1 is 0.313 bits per heavy atom. The van der Waals surface area contributed by atoms with Crippen LogP contribution in [0.15, 0.2) is 158 Å². The van der Waals surface area contributed by atoms with Crippen molar-refractivity contribution in [1.29, 1.82) is 0 Å². The molecule has 324 valence electrons. The fourth-order valence-corrected chi connectivity index (χ4v) is 16.0. The van der Waals surface area contributed by atoms with E-state index in [1.54, 1.807) is 0 Å². The third-order valence-corrected chi connectivity index (χ3v) is 19.5. The summed E-state index contributed by atoms with van der Waals surface area (Å²) in [6.45, 7) is 13.2. The lowest BCUT2D eigenvalue weighted by molar-refractivity contribution is 0.759. The number of benzene rings is 6. The normalized spacial score (nSPS) is 14.1. The van der Waals surface area contributed by atoms with Crippen molar-refractivity contribution in [2.24, 2.45) is 0 Å². The van der Waals surface area contributed by atoms with E-state index < -0.39 is 10.8 Å². The standard InChI is InChI=1S/C60H44N2S5/c1-33-7-16-39(17-8-33)59(40-18-9-34(2)10-19-40)47-31-46-48(30-45(47)57-49(59)29-38(6)64-57)60(41-20-11-35(3)12-21-41,42-22-13-36(4)14-23-42)50-32-54(66-58(46)50)53-28-27-52(65-53)44-25-24-43(51-26-15-37(5)63-51)55-56(44)62-67-61-55/h7-32H,1-6H3. The minimum Gasteiger partial charge on any atom is -0.172 e. The van der Waals surface area contributed by atoms with Gasteiger partial charge in [0.1, 0.15) is 11.0 Å². The van der Waals surface area contributed by atoms with E-state index in [2.05, 4.69) is 199 Å². The van der Waals surface area contributed by atoms with Gasteiger partial charge in [0.15, 0.2) is 0 Å². The van der Waals surface area contributed by atoms with E-state index in [-0.39, 0.29) is 0 Å². The maximum absolute atomic E-state index is 4.89. The molecule has 13 rings (SSSR count). The molecule has 0 saturated carbocycles. The summed E-state index contributed by atoms with van der Waals surface area (Å²) in [6.07, 6.45) is 0. The summed E-state index contributed by atoms with van der Waals surface area (Å²) in [5.74, 6) is 0. The Kier molecular flexibility index (Phi) is 9.35. The van der Waals surface area contributed by atoms with E-state index in [4.69, 9.17) is 8.75 Å². The lowest BCUT2D eigenvalue weighted by atomic mass is 9.65. The minimum atomic E-state index is -0.546. The van der Waals surface area contributed by atoms with Gasteiger partial charge in [-0.05, 0) is 146 Å². The molecule has 2 nitrogen and oxygen atoms in total. The first-order valence-electron chi connectivity index (χ1n) is 22.8. The number of nitrogens with zero attached hydrogens (tertiary/aromatic N) is 2. The molecule has 0 fully saturated rings. The summed E-state index contributed by atoms with van der Waals surface area (Å²) in [4.78, 5) is 10.3. The lowest BCUT2D eigenvalue weighted by Crippen LogP contribution is -2.30. The van der Waals surface area contributed by atoms with E-state index in [0.29, 0.717) is 0 Å². The van der Waals surface area contributed by atoms with Crippen LogP contribution in [0.1, 0.15) is 76.5 Å². The number of hydrogen-bond donors (Lipinski definition) is 0. The van der Waals surface area contributed by atoms with Gasteiger partial charge in [0.25, 0.3) is 0 Å². The zero-order chi connectivity index (χ0) is 45.3. The van der Waals surface area contributed by atoms with Crippen LogP contribution in [0.25, 0.3) is 62.6 Å². The number of hydrogen-bond acceptors (Lipinski definition) is 7. The molecule has 67 heavy (non-hydrogen) atoms. The molecule has 0 radical (unpaired) electrons. The predicted octanol–water partition coefficient (Wildman–Crippen LogP) is 17.5. The summed E-state index contributed by atoms with van der Waals surface area (Å²) in [5, 5.41) is 0. The number of thiophene rings is 4. The first kappa shape index (κ1) is 41.2. The highest BCUT2D eigenvalue weighted by molar-refractivity contribution is 7.25. The minimum absolute atomic E-state index is 0.485. The molecule has 0 spiro atoms. The van der Waals surface area contributed by atoms with E-state index in [9.17, 15) is 0 Å². The van der Waals surface area contributed by atoms with Gasteiger partial charge in [-0.15, -0.1) is 45.3 Å². The quantitative estimate of drug-likeness (QED) is 0.159. The highest BCUT2D eigenvalue weighted by Gasteiger charge is 2.53. The molecule has 2 aliphatic carbocycles. The van der Waals surface area contributed by atoms with Gasteiger partial charge in [0.2, 0.25) is 0 Å². The molecule has 5 aromatic heterocycles. The third-order valence-electron chi connectivity index (χ3n) is 14.3. The van der Waals surface area contributed by atoms with Gasteiger partial charge >= 0.3 is 0 Å². The molecule has 5 heterocycles. The van der Waals surface area contributed by atoms with Gasteiger partial charge < -0.3 is 0 Å². The Morgan fingerprint density at radius 2 is 0.731 bits per heavy atom. The Bertz CT molecular complexity index is 3650. The van der Waals surface area contributed by atoms with Crippen LogP contribution in [-0.4, -0.2) is 8.75 Å². The Labute approximate surface area is 411 Å². The van der Waals surface area contributed by atoms with Gasteiger partial charge in [0, 0.05) is 50.1 Å². The van der Waals surface area contributed by atoms with Gasteiger partial charge in [-0.3, -0.25) is 0 Å². The topological polar surface area (TPSA) is 25.8 Å². The molecule has 0 aliphatic heterocycles. The molecule has 0 N–H and O–H groups in total. The number of aromatic nitrogens is 2. The SMILES string of the molecule is Cc1ccc(C2(c3ccc(C)cc3)c3cc4c(cc3-c3sc(C)cc32)C(c2ccc(C)cc2)(c2ccc(C)cc2)c2cc(-c3ccc(-c5ccc(-c6ccc(C)s6)c6nsnc56)s3)sc2-4)cc1. The van der Waals surface area contributed by atoms with Crippen LogP contribution in [-0.2, 0) is 10.8 Å². The van der Waals surface area contributed by atoms with E-state index in [1.165, 1.54) is 129 Å². The maximum Gasteiger partial charge on any atom is 0.114 e. The fraction of sp³-hybridized carbons (Fsp3) is 0.133. The van der Waals surface area contributed by atoms with E-state index >= 15 is 0 Å². The van der Waals surface area contributed by atoms with Crippen molar-refractivity contribution in [2.75, 3.05) is 0 Å². The molecule has 2 aliphatic rings. The largest absolute Gasteiger partial charge is 0.172 e. The molecule has 0 unspecified atom stereocenters. The lowest BCUT2D eigenvalue weighted by Gasteiger charge is -2.35. The van der Waals surface area contributed by atoms with Crippen molar-refractivity contribution in [1.82, 2.24) is 8.75 Å². The Balaban J connectivity index is 1.07. The molecular weight excluding hydrogens is 909 g/mol. The molecule has 0 bridgehead atoms. The summed E-state index contributed by atoms with van der Waals surface area (Å²) in [5.41, 5.74) is 21.6. The molecule has 0 atom stereocenters. The summed E-state index contributed by atoms with van der Waals surface area (Å²) >= 11 is 8.86. The average Bonchev–Trinajstić information content (AvgIpc) is 4.21. The molecule has 7 heteroatoms. The Hall–Kier alpha value is -6.06. The first-order valence-corrected chi connectivity index (χ1v) is 26.8. The molecule has 0 saturated heterocycles. The van der Waals surface area contributed by atoms with Gasteiger partial charge in [0.05, 0.1) is 22.6 Å². The highest BCUT2D eigenvalue weighted by atomic mass is 32.1. The third kappa shape index (κ3) is 6.01. The molecule has 6 aromatic carbocycles. The second kappa shape index (κ2) is 15.2. The number of aryl methyl sites for hydroxylation is 6. The van der Waals surface area contributed by atoms with Crippen LogP contribution < -0.4 is 0 Å². The predicted molar refractivity (Wildman–Crippen MR) is 288 cm³/mol. The summed E-state index contributed by atoms with van der Waals surface area (Å²) in [7, 11) is 0. The van der Waals surface area contributed by atoms with Crippen LogP contribution in [0, 0.1) is 41.5 Å². The Morgan fingerprint density at radius 3 is 1.19 bits per heavy atom. The fourth-order valence-electron chi connectivity index (χ4n) is 11.1. The average molecular weight is 953 g/mol. The summed E-state index contributed by atoms with van der Waals surface area (Å²) < 4.78 is 9.72. The maximum atomic E-state index is 4.89. The second-order valence-electron chi connectivity index (χ2n) is 18.6. The molecule has 11 aromatic rings. The van der Waals surface area contributed by atoms with Gasteiger partial charge in [-0.1, -0.05) is 131 Å². The van der Waals surface area contributed by atoms with Crippen LogP contribution >= 0.6 is 57.1 Å². The van der Waals surface area contributed by atoms with Crippen molar-refractivity contribution in [2.45, 2.75) is 52.4 Å². The first-order chi connectivity index (χ1) is 32.6. The van der Waals surface area contributed by atoms with Crippen molar-refractivity contribution < 1.29 is 0 Å². The van der Waals surface area contributed by atoms with E-state index in [0.717, 1.165) is 22.2 Å². The number of fused-ring (bicyclic) bond motifs is 7. The van der Waals surface area contributed by atoms with Gasteiger partial charge in [-0.2, -0.15) is 8.75 Å². The van der Waals surface area contributed by atoms with E-state index in [1.807, 2.05) is 45.3 Å². The van der Waals surface area contributed by atoms with Crippen LogP contribution in [0.2, 0.25) is 0 Å². The second-order valence-corrected chi connectivity index (χ2v) is 23.8. The molecule has 0 amide bonds.